The fourth-order valence-electron chi connectivity index (χ4n) is 3.64. The van der Waals surface area contributed by atoms with E-state index in [2.05, 4.69) is 16.3 Å². The van der Waals surface area contributed by atoms with Crippen molar-refractivity contribution >= 4 is 17.6 Å². The van der Waals surface area contributed by atoms with Crippen LogP contribution in [-0.4, -0.2) is 16.2 Å². The minimum absolute atomic E-state index is 0.0703. The molecule has 2 aliphatic rings. The maximum absolute atomic E-state index is 12.6. The Hall–Kier alpha value is -2.14. The van der Waals surface area contributed by atoms with E-state index in [-0.39, 0.29) is 28.7 Å². The average Bonchev–Trinajstić information content (AvgIpc) is 3.51. The number of nitrogens with zero attached hydrogens (tertiary/aromatic N) is 2. The van der Waals surface area contributed by atoms with E-state index in [9.17, 15) is 4.79 Å². The summed E-state index contributed by atoms with van der Waals surface area (Å²) in [5.74, 6) is 1.39. The van der Waals surface area contributed by atoms with Crippen LogP contribution in [0.15, 0.2) is 24.3 Å². The van der Waals surface area contributed by atoms with Crippen LogP contribution < -0.4 is 9.47 Å². The predicted molar refractivity (Wildman–Crippen MR) is 102 cm³/mol. The normalized spacial score (nSPS) is 17.6. The molecule has 1 aromatic carbocycles. The van der Waals surface area contributed by atoms with E-state index in [1.165, 1.54) is 12.5 Å². The first-order valence-corrected chi connectivity index (χ1v) is 10.0. The fraction of sp³-hybridized carbons (Fsp3) is 0.476. The third-order valence-electron chi connectivity index (χ3n) is 5.30. The maximum atomic E-state index is 12.6. The molecule has 0 aliphatic heterocycles. The number of carbonyl (C=O) groups is 1. The van der Waals surface area contributed by atoms with Crippen LogP contribution in [0.4, 0.5) is 0 Å². The van der Waals surface area contributed by atoms with Crippen molar-refractivity contribution in [3.8, 4) is 17.4 Å². The lowest BCUT2D eigenvalue weighted by molar-refractivity contribution is -0.140. The lowest BCUT2D eigenvalue weighted by Crippen LogP contribution is -2.23. The molecule has 0 atom stereocenters. The molecule has 0 bridgehead atoms. The number of halogens is 1. The van der Waals surface area contributed by atoms with Crippen molar-refractivity contribution in [1.29, 1.82) is 0 Å². The number of hydrogen-bond donors (Lipinski definition) is 0. The predicted octanol–water partition coefficient (Wildman–Crippen LogP) is 5.59. The van der Waals surface area contributed by atoms with Crippen LogP contribution in [0.5, 0.6) is 17.4 Å². The molecule has 0 amide bonds. The van der Waals surface area contributed by atoms with E-state index in [1.54, 1.807) is 0 Å². The van der Waals surface area contributed by atoms with Crippen LogP contribution >= 0.6 is 11.6 Å². The molecule has 142 valence electrons. The summed E-state index contributed by atoms with van der Waals surface area (Å²) in [6.45, 7) is 2.00. The van der Waals surface area contributed by atoms with E-state index in [4.69, 9.17) is 21.1 Å². The van der Waals surface area contributed by atoms with Crippen LogP contribution in [0.25, 0.3) is 0 Å². The number of aromatic nitrogens is 2. The Morgan fingerprint density at radius 1 is 1.11 bits per heavy atom. The molecule has 4 rings (SSSR count). The van der Waals surface area contributed by atoms with Gasteiger partial charge in [-0.2, -0.15) is 0 Å². The monoisotopic (exact) mass is 386 g/mol. The Bertz CT molecular complexity index is 845. The van der Waals surface area contributed by atoms with E-state index < -0.39 is 0 Å². The molecule has 0 spiro atoms. The molecule has 2 fully saturated rings. The number of aryl methyl sites for hydroxylation is 1. The molecule has 6 heteroatoms. The second-order valence-electron chi connectivity index (χ2n) is 7.46. The van der Waals surface area contributed by atoms with Gasteiger partial charge in [0, 0.05) is 6.07 Å². The van der Waals surface area contributed by atoms with Gasteiger partial charge < -0.3 is 9.47 Å². The summed E-state index contributed by atoms with van der Waals surface area (Å²) in [6.07, 6.45) is 7.36. The number of carbonyl (C=O) groups excluding carboxylic acids is 1. The lowest BCUT2D eigenvalue weighted by Gasteiger charge is -2.20. The molecule has 0 N–H and O–H groups in total. The van der Waals surface area contributed by atoms with Crippen molar-refractivity contribution in [2.45, 2.75) is 57.8 Å². The summed E-state index contributed by atoms with van der Waals surface area (Å²) in [5, 5.41) is 8.09. The Labute approximate surface area is 164 Å². The summed E-state index contributed by atoms with van der Waals surface area (Å²) in [4.78, 5) is 12.6. The van der Waals surface area contributed by atoms with Gasteiger partial charge in [-0.25, -0.2) is 0 Å². The first-order chi connectivity index (χ1) is 13.1. The zero-order valence-corrected chi connectivity index (χ0v) is 16.2. The topological polar surface area (TPSA) is 61.3 Å². The number of rotatable bonds is 5. The van der Waals surface area contributed by atoms with Gasteiger partial charge in [0.15, 0.2) is 10.9 Å². The summed E-state index contributed by atoms with van der Waals surface area (Å²) < 4.78 is 11.7. The Balaban J connectivity index is 1.59. The minimum atomic E-state index is -0.240. The summed E-state index contributed by atoms with van der Waals surface area (Å²) in [6, 6.07) is 7.61. The van der Waals surface area contributed by atoms with Gasteiger partial charge in [-0.15, -0.1) is 10.2 Å². The van der Waals surface area contributed by atoms with Gasteiger partial charge in [-0.05, 0) is 49.7 Å². The van der Waals surface area contributed by atoms with Crippen molar-refractivity contribution in [2.75, 3.05) is 0 Å². The van der Waals surface area contributed by atoms with Gasteiger partial charge in [0.25, 0.3) is 5.88 Å². The second-order valence-corrected chi connectivity index (χ2v) is 7.85. The molecule has 27 heavy (non-hydrogen) atoms. The van der Waals surface area contributed by atoms with Gasteiger partial charge in [-0.1, -0.05) is 49.1 Å². The maximum Gasteiger partial charge on any atom is 0.314 e. The highest BCUT2D eigenvalue weighted by molar-refractivity contribution is 6.29. The average molecular weight is 387 g/mol. The highest BCUT2D eigenvalue weighted by Gasteiger charge is 2.29. The standard InChI is InChI=1S/C21H23ClN2O3/c1-13-6-5-9-16(14-10-11-14)19(13)27-20-17(12-18(22)23-24-20)26-21(25)15-7-3-2-4-8-15/h5-6,9,12,14-15H,2-4,7-8,10-11H2,1H3. The highest BCUT2D eigenvalue weighted by Crippen LogP contribution is 2.47. The summed E-state index contributed by atoms with van der Waals surface area (Å²) in [7, 11) is 0. The minimum Gasteiger partial charge on any atom is -0.434 e. The van der Waals surface area contributed by atoms with Crippen LogP contribution in [0.2, 0.25) is 5.15 Å². The first kappa shape index (κ1) is 18.2. The van der Waals surface area contributed by atoms with Crippen LogP contribution in [0, 0.1) is 12.8 Å². The number of ether oxygens (including phenoxy) is 2. The summed E-state index contributed by atoms with van der Waals surface area (Å²) >= 11 is 5.99. The van der Waals surface area contributed by atoms with Crippen LogP contribution in [0.3, 0.4) is 0 Å². The molecule has 1 aromatic heterocycles. The zero-order chi connectivity index (χ0) is 18.8. The number of benzene rings is 1. The molecule has 2 aromatic rings. The van der Waals surface area contributed by atoms with E-state index in [0.717, 1.165) is 55.4 Å². The van der Waals surface area contributed by atoms with Gasteiger partial charge in [0.2, 0.25) is 0 Å². The largest absolute Gasteiger partial charge is 0.434 e. The lowest BCUT2D eigenvalue weighted by atomic mass is 9.89. The van der Waals surface area contributed by atoms with Gasteiger partial charge in [0.05, 0.1) is 5.92 Å². The van der Waals surface area contributed by atoms with Gasteiger partial charge in [0.1, 0.15) is 5.75 Å². The van der Waals surface area contributed by atoms with Gasteiger partial charge in [-0.3, -0.25) is 4.79 Å². The number of para-hydroxylation sites is 1. The molecule has 0 unspecified atom stereocenters. The number of esters is 1. The van der Waals surface area contributed by atoms with Crippen LogP contribution in [0.1, 0.15) is 62.0 Å². The van der Waals surface area contributed by atoms with E-state index in [0.29, 0.717) is 5.92 Å². The van der Waals surface area contributed by atoms with Crippen molar-refractivity contribution in [3.63, 3.8) is 0 Å². The van der Waals surface area contributed by atoms with Crippen molar-refractivity contribution in [2.24, 2.45) is 5.92 Å². The second kappa shape index (κ2) is 7.85. The number of hydrogen-bond acceptors (Lipinski definition) is 5. The third kappa shape index (κ3) is 4.24. The van der Waals surface area contributed by atoms with Crippen LogP contribution in [-0.2, 0) is 4.79 Å². The molecule has 1 heterocycles. The molecular formula is C21H23ClN2O3. The fourth-order valence-corrected chi connectivity index (χ4v) is 3.78. The zero-order valence-electron chi connectivity index (χ0n) is 15.4. The Morgan fingerprint density at radius 2 is 1.89 bits per heavy atom. The molecule has 2 saturated carbocycles. The van der Waals surface area contributed by atoms with E-state index in [1.807, 2.05) is 19.1 Å². The Morgan fingerprint density at radius 3 is 2.63 bits per heavy atom. The molecule has 0 saturated heterocycles. The smallest absolute Gasteiger partial charge is 0.314 e. The molecular weight excluding hydrogens is 364 g/mol. The Kier molecular flexibility index (Phi) is 5.30. The van der Waals surface area contributed by atoms with Gasteiger partial charge >= 0.3 is 5.97 Å². The first-order valence-electron chi connectivity index (χ1n) is 9.64. The van der Waals surface area contributed by atoms with E-state index >= 15 is 0 Å². The van der Waals surface area contributed by atoms with Crippen molar-refractivity contribution in [3.05, 3.63) is 40.5 Å². The SMILES string of the molecule is Cc1cccc(C2CC2)c1Oc1nnc(Cl)cc1OC(=O)C1CCCCC1. The quantitative estimate of drug-likeness (QED) is 0.626. The summed E-state index contributed by atoms with van der Waals surface area (Å²) in [5.41, 5.74) is 2.18. The molecule has 5 nitrogen and oxygen atoms in total. The third-order valence-corrected chi connectivity index (χ3v) is 5.49. The highest BCUT2D eigenvalue weighted by atomic mass is 35.5. The van der Waals surface area contributed by atoms with Crippen molar-refractivity contribution < 1.29 is 14.3 Å². The molecule has 0 radical (unpaired) electrons. The van der Waals surface area contributed by atoms with Crippen molar-refractivity contribution in [1.82, 2.24) is 10.2 Å². The molecule has 2 aliphatic carbocycles.